The number of para-hydroxylation sites is 2. The molecule has 0 saturated heterocycles. The fourth-order valence-electron chi connectivity index (χ4n) is 8.47. The Morgan fingerprint density at radius 3 is 2.02 bits per heavy atom. The van der Waals surface area contributed by atoms with Gasteiger partial charge >= 0.3 is 0 Å². The number of hydrogen-bond acceptors (Lipinski definition) is 2. The van der Waals surface area contributed by atoms with Gasteiger partial charge in [-0.05, 0) is 92.2 Å². The monoisotopic (exact) mass is 671 g/mol. The van der Waals surface area contributed by atoms with Crippen LogP contribution in [0.3, 0.4) is 0 Å². The Labute approximate surface area is 302 Å². The van der Waals surface area contributed by atoms with Crippen LogP contribution < -0.4 is 4.90 Å². The molecule has 0 radical (unpaired) electrons. The van der Waals surface area contributed by atoms with Crippen molar-refractivity contribution in [1.82, 2.24) is 0 Å². The molecule has 0 spiro atoms. The molecule has 0 bridgehead atoms. The summed E-state index contributed by atoms with van der Waals surface area (Å²) in [5, 5.41) is 4.25. The molecule has 1 aliphatic carbocycles. The number of halogens is 1. The summed E-state index contributed by atoms with van der Waals surface area (Å²) < 4.78 is 22.0. The molecular formula is C49H34FNO. The zero-order chi connectivity index (χ0) is 35.0. The first kappa shape index (κ1) is 30.4. The Balaban J connectivity index is 1.21. The van der Waals surface area contributed by atoms with Crippen molar-refractivity contribution in [2.75, 3.05) is 4.90 Å². The number of anilines is 3. The van der Waals surface area contributed by atoms with Crippen LogP contribution in [0.15, 0.2) is 174 Å². The van der Waals surface area contributed by atoms with Gasteiger partial charge in [-0.3, -0.25) is 0 Å². The van der Waals surface area contributed by atoms with Crippen LogP contribution in [0, 0.1) is 5.82 Å². The minimum absolute atomic E-state index is 0.160. The summed E-state index contributed by atoms with van der Waals surface area (Å²) in [5.74, 6) is -0.231. The molecule has 0 saturated carbocycles. The van der Waals surface area contributed by atoms with Gasteiger partial charge in [-0.15, -0.1) is 0 Å². The van der Waals surface area contributed by atoms with Crippen molar-refractivity contribution < 1.29 is 8.81 Å². The zero-order valence-corrected chi connectivity index (χ0v) is 28.9. The molecule has 248 valence electrons. The van der Waals surface area contributed by atoms with Crippen molar-refractivity contribution in [1.29, 1.82) is 0 Å². The number of furan rings is 1. The minimum Gasteiger partial charge on any atom is -0.454 e. The van der Waals surface area contributed by atoms with Gasteiger partial charge in [0.2, 0.25) is 0 Å². The predicted molar refractivity (Wildman–Crippen MR) is 214 cm³/mol. The summed E-state index contributed by atoms with van der Waals surface area (Å²) >= 11 is 0. The third-order valence-electron chi connectivity index (χ3n) is 10.9. The number of fused-ring (bicyclic) bond motifs is 7. The summed E-state index contributed by atoms with van der Waals surface area (Å²) in [5.41, 5.74) is 13.3. The van der Waals surface area contributed by atoms with Crippen LogP contribution in [0.4, 0.5) is 21.5 Å². The standard InChI is InChI=1S/C49H34FNO/c1-49(2)42-23-6-3-17-36(42)37-28-27-34(30-43(37)49)51(45-25-12-22-41-39-19-5-8-26-46(39)52-48(41)45)33-16-9-15-32(29-33)35-20-10-13-31-14-11-21-40(47(31)35)38-18-4-7-24-44(38)50/h3-30H,1-2H3. The van der Waals surface area contributed by atoms with Gasteiger partial charge in [-0.1, -0.05) is 141 Å². The summed E-state index contributed by atoms with van der Waals surface area (Å²) in [6.07, 6.45) is 0. The van der Waals surface area contributed by atoms with Crippen molar-refractivity contribution in [3.05, 3.63) is 187 Å². The second-order valence-corrected chi connectivity index (χ2v) is 14.2. The van der Waals surface area contributed by atoms with Gasteiger partial charge in [-0.25, -0.2) is 4.39 Å². The molecule has 10 rings (SSSR count). The minimum atomic E-state index is -0.231. The number of rotatable bonds is 5. The van der Waals surface area contributed by atoms with Crippen LogP contribution in [-0.4, -0.2) is 0 Å². The van der Waals surface area contributed by atoms with E-state index in [4.69, 9.17) is 4.42 Å². The number of nitrogens with zero attached hydrogens (tertiary/aromatic N) is 1. The molecule has 1 aliphatic rings. The van der Waals surface area contributed by atoms with E-state index in [0.717, 1.165) is 66.5 Å². The maximum atomic E-state index is 15.3. The van der Waals surface area contributed by atoms with E-state index in [9.17, 15) is 0 Å². The van der Waals surface area contributed by atoms with Crippen molar-refractivity contribution in [2.24, 2.45) is 0 Å². The Bertz CT molecular complexity index is 2860. The van der Waals surface area contributed by atoms with Crippen molar-refractivity contribution in [3.63, 3.8) is 0 Å². The zero-order valence-electron chi connectivity index (χ0n) is 28.9. The van der Waals surface area contributed by atoms with E-state index in [1.165, 1.54) is 28.3 Å². The molecule has 0 atom stereocenters. The molecule has 0 N–H and O–H groups in total. The van der Waals surface area contributed by atoms with E-state index >= 15 is 4.39 Å². The van der Waals surface area contributed by atoms with Gasteiger partial charge in [0.05, 0.1) is 5.69 Å². The SMILES string of the molecule is CC1(C)c2ccccc2-c2ccc(N(c3cccc(-c4cccc5cccc(-c6ccccc6F)c45)c3)c3cccc4c3oc3ccccc34)cc21. The lowest BCUT2D eigenvalue weighted by atomic mass is 9.82. The van der Waals surface area contributed by atoms with Crippen LogP contribution in [0.5, 0.6) is 0 Å². The smallest absolute Gasteiger partial charge is 0.159 e. The number of benzene rings is 8. The quantitative estimate of drug-likeness (QED) is 0.181. The Hall–Kier alpha value is -6.45. The van der Waals surface area contributed by atoms with Crippen LogP contribution in [0.25, 0.3) is 66.1 Å². The first-order valence-electron chi connectivity index (χ1n) is 17.8. The molecule has 0 aliphatic heterocycles. The number of hydrogen-bond donors (Lipinski definition) is 0. The maximum absolute atomic E-state index is 15.3. The summed E-state index contributed by atoms with van der Waals surface area (Å²) in [6, 6.07) is 58.5. The molecule has 1 heterocycles. The fourth-order valence-corrected chi connectivity index (χ4v) is 8.47. The molecule has 0 unspecified atom stereocenters. The largest absolute Gasteiger partial charge is 0.454 e. The van der Waals surface area contributed by atoms with Crippen molar-refractivity contribution in [2.45, 2.75) is 19.3 Å². The van der Waals surface area contributed by atoms with Gasteiger partial charge in [-0.2, -0.15) is 0 Å². The van der Waals surface area contributed by atoms with Gasteiger partial charge in [0.1, 0.15) is 11.4 Å². The second kappa shape index (κ2) is 11.5. The summed E-state index contributed by atoms with van der Waals surface area (Å²) in [6.45, 7) is 4.64. The lowest BCUT2D eigenvalue weighted by Gasteiger charge is -2.28. The molecule has 52 heavy (non-hydrogen) atoms. The predicted octanol–water partition coefficient (Wildman–Crippen LogP) is 14.0. The topological polar surface area (TPSA) is 16.4 Å². The lowest BCUT2D eigenvalue weighted by molar-refractivity contribution is 0.631. The second-order valence-electron chi connectivity index (χ2n) is 14.2. The Morgan fingerprint density at radius 1 is 0.500 bits per heavy atom. The summed E-state index contributed by atoms with van der Waals surface area (Å²) in [7, 11) is 0. The Kier molecular flexibility index (Phi) is 6.74. The average molecular weight is 672 g/mol. The summed E-state index contributed by atoms with van der Waals surface area (Å²) in [4.78, 5) is 2.33. The third kappa shape index (κ3) is 4.56. The van der Waals surface area contributed by atoms with Crippen LogP contribution in [0.1, 0.15) is 25.0 Å². The van der Waals surface area contributed by atoms with Crippen molar-refractivity contribution in [3.8, 4) is 33.4 Å². The van der Waals surface area contributed by atoms with Crippen LogP contribution in [-0.2, 0) is 5.41 Å². The average Bonchev–Trinajstić information content (AvgIpc) is 3.67. The molecule has 9 aromatic rings. The highest BCUT2D eigenvalue weighted by Gasteiger charge is 2.36. The third-order valence-corrected chi connectivity index (χ3v) is 10.9. The van der Waals surface area contributed by atoms with Gasteiger partial charge in [0, 0.05) is 33.1 Å². The molecule has 0 amide bonds. The van der Waals surface area contributed by atoms with Crippen LogP contribution >= 0.6 is 0 Å². The van der Waals surface area contributed by atoms with Gasteiger partial charge in [0.15, 0.2) is 5.58 Å². The van der Waals surface area contributed by atoms with E-state index in [-0.39, 0.29) is 11.2 Å². The highest BCUT2D eigenvalue weighted by Crippen LogP contribution is 2.51. The molecule has 2 nitrogen and oxygen atoms in total. The molecule has 0 fully saturated rings. The fraction of sp³-hybridized carbons (Fsp3) is 0.0612. The molecule has 3 heteroatoms. The highest BCUT2D eigenvalue weighted by molar-refractivity contribution is 6.11. The van der Waals surface area contributed by atoms with E-state index in [0.29, 0.717) is 5.56 Å². The van der Waals surface area contributed by atoms with Crippen molar-refractivity contribution >= 4 is 49.8 Å². The Morgan fingerprint density at radius 2 is 1.15 bits per heavy atom. The highest BCUT2D eigenvalue weighted by atomic mass is 19.1. The maximum Gasteiger partial charge on any atom is 0.159 e. The molecular weight excluding hydrogens is 638 g/mol. The van der Waals surface area contributed by atoms with Gasteiger partial charge in [0.25, 0.3) is 0 Å². The lowest BCUT2D eigenvalue weighted by Crippen LogP contribution is -2.16. The van der Waals surface area contributed by atoms with E-state index < -0.39 is 0 Å². The van der Waals surface area contributed by atoms with Crippen LogP contribution in [0.2, 0.25) is 0 Å². The van der Waals surface area contributed by atoms with E-state index in [1.807, 2.05) is 36.4 Å². The van der Waals surface area contributed by atoms with E-state index in [2.05, 4.69) is 140 Å². The van der Waals surface area contributed by atoms with Gasteiger partial charge < -0.3 is 9.32 Å². The molecule has 8 aromatic carbocycles. The molecule has 1 aromatic heterocycles. The van der Waals surface area contributed by atoms with E-state index in [1.54, 1.807) is 6.07 Å². The normalized spacial score (nSPS) is 13.1. The first-order chi connectivity index (χ1) is 25.5. The first-order valence-corrected chi connectivity index (χ1v) is 17.8.